The van der Waals surface area contributed by atoms with E-state index in [1.165, 1.54) is 16.4 Å². The van der Waals surface area contributed by atoms with Gasteiger partial charge in [-0.05, 0) is 54.5 Å². The first-order chi connectivity index (χ1) is 14.9. The molecule has 31 heavy (non-hydrogen) atoms. The van der Waals surface area contributed by atoms with Gasteiger partial charge < -0.3 is 5.32 Å². The van der Waals surface area contributed by atoms with Crippen LogP contribution in [-0.2, 0) is 10.0 Å². The van der Waals surface area contributed by atoms with E-state index in [2.05, 4.69) is 22.1 Å². The molecule has 2 aromatic carbocycles. The van der Waals surface area contributed by atoms with Gasteiger partial charge in [0.1, 0.15) is 5.69 Å². The van der Waals surface area contributed by atoms with Crippen LogP contribution >= 0.6 is 0 Å². The van der Waals surface area contributed by atoms with Crippen molar-refractivity contribution in [1.82, 2.24) is 9.29 Å². The molecule has 7 heteroatoms. The van der Waals surface area contributed by atoms with E-state index in [4.69, 9.17) is 0 Å². The Morgan fingerprint density at radius 2 is 1.74 bits per heavy atom. The smallest absolute Gasteiger partial charge is 0.255 e. The maximum absolute atomic E-state index is 12.7. The van der Waals surface area contributed by atoms with Crippen molar-refractivity contribution in [2.45, 2.75) is 18.7 Å². The molecule has 0 aliphatic heterocycles. The average Bonchev–Trinajstić information content (AvgIpc) is 2.79. The zero-order valence-corrected chi connectivity index (χ0v) is 18.2. The molecule has 0 unspecified atom stereocenters. The van der Waals surface area contributed by atoms with Crippen molar-refractivity contribution < 1.29 is 13.2 Å². The lowest BCUT2D eigenvalue weighted by Crippen LogP contribution is -2.30. The van der Waals surface area contributed by atoms with Crippen LogP contribution in [-0.4, -0.2) is 36.7 Å². The molecule has 0 aliphatic rings. The van der Waals surface area contributed by atoms with Gasteiger partial charge in [0, 0.05) is 36.1 Å². The Hall–Kier alpha value is -3.47. The fourth-order valence-electron chi connectivity index (χ4n) is 2.96. The molecule has 3 rings (SSSR count). The van der Waals surface area contributed by atoms with E-state index in [0.29, 0.717) is 24.5 Å². The lowest BCUT2D eigenvalue weighted by atomic mass is 10.1. The molecule has 0 bridgehead atoms. The summed E-state index contributed by atoms with van der Waals surface area (Å²) in [4.78, 5) is 17.0. The van der Waals surface area contributed by atoms with Gasteiger partial charge in [-0.1, -0.05) is 38.0 Å². The van der Waals surface area contributed by atoms with Crippen LogP contribution in [0.15, 0.2) is 77.8 Å². The van der Waals surface area contributed by atoms with E-state index >= 15 is 0 Å². The van der Waals surface area contributed by atoms with Gasteiger partial charge >= 0.3 is 0 Å². The number of pyridine rings is 1. The fourth-order valence-corrected chi connectivity index (χ4v) is 4.47. The molecule has 0 saturated carbocycles. The number of nitrogens with one attached hydrogen (secondary N) is 1. The van der Waals surface area contributed by atoms with Gasteiger partial charge in [0.25, 0.3) is 5.91 Å². The number of anilines is 1. The molecule has 1 aromatic heterocycles. The van der Waals surface area contributed by atoms with Crippen LogP contribution in [0.1, 0.15) is 35.5 Å². The number of hydrogen-bond donors (Lipinski definition) is 1. The Morgan fingerprint density at radius 3 is 2.45 bits per heavy atom. The summed E-state index contributed by atoms with van der Waals surface area (Å²) in [5.41, 5.74) is 2.21. The number of benzene rings is 2. The number of carbonyl (C=O) groups excluding carboxylic acids is 1. The molecule has 1 heterocycles. The lowest BCUT2D eigenvalue weighted by molar-refractivity contribution is 0.102. The minimum Gasteiger partial charge on any atom is -0.322 e. The molecule has 0 atom stereocenters. The molecule has 0 aliphatic carbocycles. The topological polar surface area (TPSA) is 79.4 Å². The summed E-state index contributed by atoms with van der Waals surface area (Å²) in [6.45, 7) is 4.28. The number of nitrogens with zero attached hydrogens (tertiary/aromatic N) is 2. The van der Waals surface area contributed by atoms with Crippen molar-refractivity contribution in [2.24, 2.45) is 0 Å². The van der Waals surface area contributed by atoms with Crippen LogP contribution < -0.4 is 5.32 Å². The Kier molecular flexibility index (Phi) is 7.19. The second-order valence-electron chi connectivity index (χ2n) is 6.62. The molecule has 0 spiro atoms. The molecular formula is C24H23N3O3S. The third kappa shape index (κ3) is 5.57. The standard InChI is InChI=1S/C24H23N3O3S/c1-3-27(4-2)31(29,30)23-13-8-10-20(18-23)24(28)26-22-12-7-9-19(17-22)14-15-21-11-5-6-16-25-21/h5-13,16-18H,3-4H2,1-2H3,(H,26,28). The number of hydrogen-bond acceptors (Lipinski definition) is 4. The lowest BCUT2D eigenvalue weighted by Gasteiger charge is -2.18. The van der Waals surface area contributed by atoms with Crippen LogP contribution in [0.4, 0.5) is 5.69 Å². The van der Waals surface area contributed by atoms with Gasteiger partial charge in [-0.25, -0.2) is 13.4 Å². The van der Waals surface area contributed by atoms with Crippen LogP contribution in [0.2, 0.25) is 0 Å². The minimum absolute atomic E-state index is 0.0961. The largest absolute Gasteiger partial charge is 0.322 e. The maximum Gasteiger partial charge on any atom is 0.255 e. The zero-order valence-electron chi connectivity index (χ0n) is 17.4. The summed E-state index contributed by atoms with van der Waals surface area (Å²) >= 11 is 0. The number of carbonyl (C=O) groups is 1. The zero-order chi connectivity index (χ0) is 22.3. The SMILES string of the molecule is CCN(CC)S(=O)(=O)c1cccc(C(=O)Nc2cccc(C#Cc3ccccn3)c2)c1. The Balaban J connectivity index is 1.79. The number of amides is 1. The molecule has 1 N–H and O–H groups in total. The van der Waals surface area contributed by atoms with Crippen LogP contribution in [0, 0.1) is 11.8 Å². The van der Waals surface area contributed by atoms with Crippen molar-refractivity contribution in [2.75, 3.05) is 18.4 Å². The van der Waals surface area contributed by atoms with Crippen LogP contribution in [0.3, 0.4) is 0 Å². The second kappa shape index (κ2) is 10.0. The van der Waals surface area contributed by atoms with E-state index in [0.717, 1.165) is 5.56 Å². The number of aromatic nitrogens is 1. The van der Waals surface area contributed by atoms with E-state index < -0.39 is 15.9 Å². The number of sulfonamides is 1. The van der Waals surface area contributed by atoms with E-state index in [1.54, 1.807) is 50.4 Å². The Bertz CT molecular complexity index is 1230. The molecule has 0 radical (unpaired) electrons. The van der Waals surface area contributed by atoms with E-state index in [9.17, 15) is 13.2 Å². The highest BCUT2D eigenvalue weighted by atomic mass is 32.2. The van der Waals surface area contributed by atoms with Gasteiger partial charge in [0.05, 0.1) is 4.90 Å². The van der Waals surface area contributed by atoms with Crippen molar-refractivity contribution in [3.05, 3.63) is 89.7 Å². The summed E-state index contributed by atoms with van der Waals surface area (Å²) in [7, 11) is -3.64. The highest BCUT2D eigenvalue weighted by molar-refractivity contribution is 7.89. The summed E-state index contributed by atoms with van der Waals surface area (Å²) in [5, 5.41) is 2.80. The molecule has 0 fully saturated rings. The average molecular weight is 434 g/mol. The first-order valence-corrected chi connectivity index (χ1v) is 11.3. The fraction of sp³-hybridized carbons (Fsp3) is 0.167. The summed E-state index contributed by atoms with van der Waals surface area (Å²) in [6, 6.07) is 18.7. The third-order valence-electron chi connectivity index (χ3n) is 4.56. The maximum atomic E-state index is 12.7. The van der Waals surface area contributed by atoms with Crippen molar-refractivity contribution in [3.8, 4) is 11.8 Å². The Labute approximate surface area is 183 Å². The van der Waals surface area contributed by atoms with E-state index in [-0.39, 0.29) is 10.5 Å². The minimum atomic E-state index is -3.64. The third-order valence-corrected chi connectivity index (χ3v) is 6.61. The van der Waals surface area contributed by atoms with Gasteiger partial charge in [0.15, 0.2) is 0 Å². The van der Waals surface area contributed by atoms with Crippen LogP contribution in [0.25, 0.3) is 0 Å². The van der Waals surface area contributed by atoms with Crippen LogP contribution in [0.5, 0.6) is 0 Å². The predicted octanol–water partition coefficient (Wildman–Crippen LogP) is 3.76. The Morgan fingerprint density at radius 1 is 0.968 bits per heavy atom. The highest BCUT2D eigenvalue weighted by Crippen LogP contribution is 2.18. The summed E-state index contributed by atoms with van der Waals surface area (Å²) in [5.74, 6) is 5.60. The monoisotopic (exact) mass is 433 g/mol. The van der Waals surface area contributed by atoms with Gasteiger partial charge in [-0.3, -0.25) is 4.79 Å². The normalized spacial score (nSPS) is 10.9. The summed E-state index contributed by atoms with van der Waals surface area (Å²) < 4.78 is 26.8. The van der Waals surface area contributed by atoms with Gasteiger partial charge in [-0.2, -0.15) is 4.31 Å². The molecule has 158 valence electrons. The first kappa shape index (κ1) is 22.2. The molecule has 0 saturated heterocycles. The number of rotatable bonds is 6. The van der Waals surface area contributed by atoms with Crippen molar-refractivity contribution in [3.63, 3.8) is 0 Å². The molecule has 3 aromatic rings. The van der Waals surface area contributed by atoms with Gasteiger partial charge in [0.2, 0.25) is 10.0 Å². The van der Waals surface area contributed by atoms with Gasteiger partial charge in [-0.15, -0.1) is 0 Å². The quantitative estimate of drug-likeness (QED) is 0.600. The summed E-state index contributed by atoms with van der Waals surface area (Å²) in [6.07, 6.45) is 1.68. The molecular weight excluding hydrogens is 410 g/mol. The van der Waals surface area contributed by atoms with E-state index in [1.807, 2.05) is 24.3 Å². The molecule has 6 nitrogen and oxygen atoms in total. The highest BCUT2D eigenvalue weighted by Gasteiger charge is 2.22. The second-order valence-corrected chi connectivity index (χ2v) is 8.56. The molecule has 1 amide bonds. The first-order valence-electron chi connectivity index (χ1n) is 9.88. The van der Waals surface area contributed by atoms with Crippen molar-refractivity contribution >= 4 is 21.6 Å². The van der Waals surface area contributed by atoms with Crippen molar-refractivity contribution in [1.29, 1.82) is 0 Å². The predicted molar refractivity (Wildman–Crippen MR) is 121 cm³/mol.